The highest BCUT2D eigenvalue weighted by Crippen LogP contribution is 2.41. The van der Waals surface area contributed by atoms with E-state index in [4.69, 9.17) is 0 Å². The van der Waals surface area contributed by atoms with E-state index in [9.17, 15) is 30.7 Å². The van der Waals surface area contributed by atoms with E-state index in [-0.39, 0.29) is 0 Å². The number of rotatable bonds is 0. The molecule has 0 aliphatic rings. The lowest BCUT2D eigenvalue weighted by molar-refractivity contribution is -0.174. The molecule has 0 heterocycles. The number of nitrogens with zero attached hydrogens (tertiary/aromatic N) is 1. The third kappa shape index (κ3) is 2.93. The quantitative estimate of drug-likeness (QED) is 0.425. The lowest BCUT2D eigenvalue weighted by Crippen LogP contribution is -2.27. The van der Waals surface area contributed by atoms with Crippen LogP contribution < -0.4 is 0 Å². The molecule has 74 valence electrons. The van der Waals surface area contributed by atoms with Crippen molar-refractivity contribution >= 4 is 0 Å². The first-order valence-electron chi connectivity index (χ1n) is 2.55. The van der Waals surface area contributed by atoms with Gasteiger partial charge in [0.25, 0.3) is 12.1 Å². The Hall–Kier alpha value is -1.26. The van der Waals surface area contributed by atoms with Crippen LogP contribution in [0.5, 0.6) is 0 Å². The van der Waals surface area contributed by atoms with Gasteiger partial charge in [-0.25, -0.2) is 0 Å². The molecule has 0 radical (unpaired) electrons. The first-order valence-corrected chi connectivity index (χ1v) is 2.55. The number of allylic oxidation sites excluding steroid dienone is 1. The molecule has 8 heteroatoms. The van der Waals surface area contributed by atoms with Crippen LogP contribution in [-0.4, -0.2) is 12.4 Å². The molecule has 0 fully saturated rings. The Morgan fingerprint density at radius 1 is 0.923 bits per heavy atom. The van der Waals surface area contributed by atoms with Crippen molar-refractivity contribution in [3.05, 3.63) is 16.4 Å². The summed E-state index contributed by atoms with van der Waals surface area (Å²) in [5, 5.41) is 0. The summed E-state index contributed by atoms with van der Waals surface area (Å²) in [5.41, 5.74) is -3.34. The number of hydrogen-bond acceptors (Lipinski definition) is 0. The summed E-state index contributed by atoms with van der Waals surface area (Å²) in [4.78, 5) is 1.69. The molecule has 0 N–H and O–H groups in total. The van der Waals surface area contributed by atoms with Gasteiger partial charge in [0, 0.05) is 0 Å². The zero-order valence-electron chi connectivity index (χ0n) is 5.67. The zero-order chi connectivity index (χ0) is 10.9. The lowest BCUT2D eigenvalue weighted by Gasteiger charge is -2.10. The third-order valence-electron chi connectivity index (χ3n) is 0.887. The normalized spacial score (nSPS) is 12.2. The summed E-state index contributed by atoms with van der Waals surface area (Å²) in [6.45, 7) is 3.96. The molecule has 0 spiro atoms. The van der Waals surface area contributed by atoms with Gasteiger partial charge < -0.3 is 0 Å². The molecule has 0 saturated heterocycles. The van der Waals surface area contributed by atoms with Gasteiger partial charge in [0.1, 0.15) is 0 Å². The standard InChI is InChI=1S/C5HF7N/c1-13-3(6)2(4(7,8)9)5(10,11)12/h1H/q+1. The molecule has 1 nitrogen and oxygen atoms in total. The SMILES string of the molecule is C#[N+]C(F)=C(C(F)(F)F)C(F)(F)F. The second kappa shape index (κ2) is 3.24. The van der Waals surface area contributed by atoms with Gasteiger partial charge in [-0.2, -0.15) is 26.3 Å². The predicted molar refractivity (Wildman–Crippen MR) is 28.5 cm³/mol. The Kier molecular flexibility index (Phi) is 2.92. The van der Waals surface area contributed by atoms with Crippen LogP contribution in [0.1, 0.15) is 0 Å². The fraction of sp³-hybridized carbons (Fsp3) is 0.400. The first kappa shape index (κ1) is 11.7. The molecule has 0 aliphatic carbocycles. The molecule has 0 aliphatic heterocycles. The van der Waals surface area contributed by atoms with E-state index in [1.54, 1.807) is 4.85 Å². The van der Waals surface area contributed by atoms with Crippen molar-refractivity contribution in [1.29, 1.82) is 0 Å². The minimum Gasteiger partial charge on any atom is -0.166 e. The van der Waals surface area contributed by atoms with Crippen LogP contribution in [0.2, 0.25) is 0 Å². The van der Waals surface area contributed by atoms with Crippen molar-refractivity contribution in [3.63, 3.8) is 0 Å². The van der Waals surface area contributed by atoms with Gasteiger partial charge in [-0.15, -0.1) is 4.39 Å². The second-order valence-electron chi connectivity index (χ2n) is 1.79. The van der Waals surface area contributed by atoms with E-state index in [0.717, 1.165) is 0 Å². The summed E-state index contributed by atoms with van der Waals surface area (Å²) in [5.74, 6) is -2.79. The monoisotopic (exact) mass is 208 g/mol. The summed E-state index contributed by atoms with van der Waals surface area (Å²) in [6.07, 6.45) is -11.7. The molecule has 13 heavy (non-hydrogen) atoms. The average molecular weight is 208 g/mol. The highest BCUT2D eigenvalue weighted by Gasteiger charge is 2.58. The van der Waals surface area contributed by atoms with Crippen molar-refractivity contribution < 1.29 is 30.7 Å². The van der Waals surface area contributed by atoms with E-state index in [1.165, 1.54) is 0 Å². The van der Waals surface area contributed by atoms with Gasteiger partial charge >= 0.3 is 18.3 Å². The van der Waals surface area contributed by atoms with Crippen molar-refractivity contribution in [2.24, 2.45) is 0 Å². The van der Waals surface area contributed by atoms with E-state index in [0.29, 0.717) is 0 Å². The van der Waals surface area contributed by atoms with Gasteiger partial charge in [0.05, 0.1) is 0 Å². The highest BCUT2D eigenvalue weighted by molar-refractivity contribution is 5.23. The summed E-state index contributed by atoms with van der Waals surface area (Å²) in [7, 11) is 0. The van der Waals surface area contributed by atoms with Gasteiger partial charge in [-0.05, 0) is 4.85 Å². The molecule has 0 saturated carbocycles. The topological polar surface area (TPSA) is 4.36 Å². The first-order chi connectivity index (χ1) is 5.60. The maximum absolute atomic E-state index is 11.9. The number of alkyl halides is 6. The summed E-state index contributed by atoms with van der Waals surface area (Å²) < 4.78 is 81.1. The second-order valence-corrected chi connectivity index (χ2v) is 1.79. The Bertz CT molecular complexity index is 246. The molecular formula is C5HF7N+. The molecule has 0 aromatic rings. The number of halogens is 7. The van der Waals surface area contributed by atoms with Crippen LogP contribution in [0.3, 0.4) is 0 Å². The molecule has 0 aromatic carbocycles. The molecule has 0 bridgehead atoms. The van der Waals surface area contributed by atoms with Gasteiger partial charge in [0.15, 0.2) is 0 Å². The van der Waals surface area contributed by atoms with E-state index in [2.05, 4.69) is 6.57 Å². The molecule has 0 rings (SSSR count). The zero-order valence-corrected chi connectivity index (χ0v) is 5.67. The van der Waals surface area contributed by atoms with Crippen molar-refractivity contribution in [3.8, 4) is 6.57 Å². The van der Waals surface area contributed by atoms with Crippen molar-refractivity contribution in [1.82, 2.24) is 0 Å². The molecular weight excluding hydrogens is 207 g/mol. The van der Waals surface area contributed by atoms with Crippen LogP contribution >= 0.6 is 0 Å². The predicted octanol–water partition coefficient (Wildman–Crippen LogP) is 3.25. The fourth-order valence-electron chi connectivity index (χ4n) is 0.459. The average Bonchev–Trinajstić information content (AvgIpc) is 1.80. The van der Waals surface area contributed by atoms with E-state index < -0.39 is 23.9 Å². The third-order valence-corrected chi connectivity index (χ3v) is 0.887. The molecule has 0 amide bonds. The van der Waals surface area contributed by atoms with E-state index in [1.807, 2.05) is 0 Å². The molecule has 0 aromatic heterocycles. The van der Waals surface area contributed by atoms with Crippen LogP contribution in [0, 0.1) is 6.57 Å². The van der Waals surface area contributed by atoms with Crippen LogP contribution in [0.25, 0.3) is 4.85 Å². The maximum atomic E-state index is 11.9. The minimum absolute atomic E-state index is 1.69. The van der Waals surface area contributed by atoms with Gasteiger partial charge in [-0.1, -0.05) is 0 Å². The Balaban J connectivity index is 5.42. The maximum Gasteiger partial charge on any atom is 0.510 e. The Morgan fingerprint density at radius 3 is 1.31 bits per heavy atom. The Labute approximate surface area is 67.3 Å². The summed E-state index contributed by atoms with van der Waals surface area (Å²) in [6, 6.07) is 0. The highest BCUT2D eigenvalue weighted by atomic mass is 19.4. The van der Waals surface area contributed by atoms with Crippen LogP contribution in [-0.2, 0) is 0 Å². The largest absolute Gasteiger partial charge is 0.510 e. The van der Waals surface area contributed by atoms with Gasteiger partial charge in [0.2, 0.25) is 0 Å². The number of hydrogen-bond donors (Lipinski definition) is 0. The van der Waals surface area contributed by atoms with Crippen LogP contribution in [0.4, 0.5) is 30.7 Å². The molecule has 0 unspecified atom stereocenters. The molecule has 0 atom stereocenters. The summed E-state index contributed by atoms with van der Waals surface area (Å²) >= 11 is 0. The van der Waals surface area contributed by atoms with Crippen molar-refractivity contribution in [2.75, 3.05) is 0 Å². The van der Waals surface area contributed by atoms with Crippen molar-refractivity contribution in [2.45, 2.75) is 12.4 Å². The lowest BCUT2D eigenvalue weighted by atomic mass is 10.2. The van der Waals surface area contributed by atoms with Crippen LogP contribution in [0.15, 0.2) is 11.5 Å². The smallest absolute Gasteiger partial charge is 0.166 e. The van der Waals surface area contributed by atoms with Gasteiger partial charge in [-0.3, -0.25) is 0 Å². The minimum atomic E-state index is -5.87. The fourth-order valence-corrected chi connectivity index (χ4v) is 0.459. The van der Waals surface area contributed by atoms with E-state index >= 15 is 0 Å². The Morgan fingerprint density at radius 2 is 1.23 bits per heavy atom.